The van der Waals surface area contributed by atoms with E-state index in [-0.39, 0.29) is 17.0 Å². The molecule has 0 amide bonds. The zero-order valence-corrected chi connectivity index (χ0v) is 14.8. The summed E-state index contributed by atoms with van der Waals surface area (Å²) in [5.74, 6) is -1.43. The molecule has 8 nitrogen and oxygen atoms in total. The number of carboxylic acid groups (broad SMARTS) is 1. The van der Waals surface area contributed by atoms with Crippen molar-refractivity contribution in [1.82, 2.24) is 0 Å². The number of nitro benzene ring substituents is 1. The highest BCUT2D eigenvalue weighted by molar-refractivity contribution is 5.94. The lowest BCUT2D eigenvalue weighted by molar-refractivity contribution is -0.384. The van der Waals surface area contributed by atoms with Gasteiger partial charge in [0, 0.05) is 49.1 Å². The number of rotatable bonds is 5. The summed E-state index contributed by atoms with van der Waals surface area (Å²) in [5, 5.41) is 22.3. The van der Waals surface area contributed by atoms with Crippen LogP contribution < -0.4 is 14.9 Å². The number of Topliss-reactive ketones (excluding diaryl/α,β-unsaturated/α-hetero) is 1. The van der Waals surface area contributed by atoms with Crippen molar-refractivity contribution >= 4 is 28.8 Å². The van der Waals surface area contributed by atoms with Gasteiger partial charge >= 0.3 is 0 Å². The molecule has 27 heavy (non-hydrogen) atoms. The third-order valence-electron chi connectivity index (χ3n) is 4.67. The molecule has 0 unspecified atom stereocenters. The summed E-state index contributed by atoms with van der Waals surface area (Å²) in [5.41, 5.74) is 1.59. The Morgan fingerprint density at radius 2 is 1.48 bits per heavy atom. The number of ketones is 1. The van der Waals surface area contributed by atoms with Gasteiger partial charge in [-0.15, -0.1) is 0 Å². The molecule has 0 radical (unpaired) electrons. The van der Waals surface area contributed by atoms with Gasteiger partial charge in [0.25, 0.3) is 5.69 Å². The molecule has 8 heteroatoms. The van der Waals surface area contributed by atoms with E-state index >= 15 is 0 Å². The number of benzene rings is 2. The third-order valence-corrected chi connectivity index (χ3v) is 4.67. The van der Waals surface area contributed by atoms with Gasteiger partial charge < -0.3 is 19.7 Å². The van der Waals surface area contributed by atoms with Crippen molar-refractivity contribution in [3.8, 4) is 0 Å². The summed E-state index contributed by atoms with van der Waals surface area (Å²) in [6.45, 7) is 3.93. The van der Waals surface area contributed by atoms with Crippen LogP contribution in [0.15, 0.2) is 42.5 Å². The van der Waals surface area contributed by atoms with Crippen molar-refractivity contribution in [2.75, 3.05) is 36.0 Å². The second-order valence-electron chi connectivity index (χ2n) is 6.33. The minimum Gasteiger partial charge on any atom is -0.545 e. The molecule has 2 aromatic rings. The first-order valence-electron chi connectivity index (χ1n) is 8.47. The van der Waals surface area contributed by atoms with E-state index in [9.17, 15) is 24.8 Å². The Morgan fingerprint density at radius 1 is 0.926 bits per heavy atom. The topological polar surface area (TPSA) is 107 Å². The Morgan fingerprint density at radius 3 is 2.00 bits per heavy atom. The third kappa shape index (κ3) is 3.89. The molecule has 2 aromatic carbocycles. The fourth-order valence-corrected chi connectivity index (χ4v) is 3.18. The van der Waals surface area contributed by atoms with E-state index < -0.39 is 10.9 Å². The Bertz CT molecular complexity index is 887. The molecule has 1 aliphatic heterocycles. The number of aromatic carboxylic acids is 1. The SMILES string of the molecule is CC(=O)c1ccc(N2CCN(c3ccc(C(=O)[O-])cc3[N+](=O)[O-])CC2)cc1. The lowest BCUT2D eigenvalue weighted by Crippen LogP contribution is -2.46. The highest BCUT2D eigenvalue weighted by Crippen LogP contribution is 2.30. The molecule has 1 fully saturated rings. The van der Waals surface area contributed by atoms with E-state index in [0.29, 0.717) is 37.4 Å². The zero-order valence-electron chi connectivity index (χ0n) is 14.8. The molecule has 1 saturated heterocycles. The average molecular weight is 368 g/mol. The summed E-state index contributed by atoms with van der Waals surface area (Å²) < 4.78 is 0. The van der Waals surface area contributed by atoms with E-state index in [1.807, 2.05) is 17.0 Å². The summed E-state index contributed by atoms with van der Waals surface area (Å²) in [6, 6.07) is 11.2. The Labute approximate surface area is 155 Å². The molecular formula is C19H18N3O5-. The van der Waals surface area contributed by atoms with Gasteiger partial charge in [-0.2, -0.15) is 0 Å². The van der Waals surface area contributed by atoms with Crippen LogP contribution in [0.2, 0.25) is 0 Å². The molecule has 0 spiro atoms. The molecular weight excluding hydrogens is 350 g/mol. The molecule has 0 N–H and O–H groups in total. The van der Waals surface area contributed by atoms with Crippen LogP contribution in [0.4, 0.5) is 17.1 Å². The van der Waals surface area contributed by atoms with Gasteiger partial charge in [-0.1, -0.05) is 6.07 Å². The lowest BCUT2D eigenvalue weighted by atomic mass is 10.1. The summed E-state index contributed by atoms with van der Waals surface area (Å²) >= 11 is 0. The van der Waals surface area contributed by atoms with Gasteiger partial charge in [-0.05, 0) is 37.3 Å². The van der Waals surface area contributed by atoms with Gasteiger partial charge in [0.2, 0.25) is 0 Å². The largest absolute Gasteiger partial charge is 0.545 e. The number of hydrogen-bond acceptors (Lipinski definition) is 7. The first-order valence-corrected chi connectivity index (χ1v) is 8.47. The first kappa shape index (κ1) is 18.4. The molecule has 3 rings (SSSR count). The average Bonchev–Trinajstić information content (AvgIpc) is 2.67. The molecule has 0 atom stereocenters. The van der Waals surface area contributed by atoms with Crippen molar-refractivity contribution in [3.63, 3.8) is 0 Å². The first-order chi connectivity index (χ1) is 12.9. The van der Waals surface area contributed by atoms with Crippen LogP contribution in [0.3, 0.4) is 0 Å². The van der Waals surface area contributed by atoms with Gasteiger partial charge in [0.1, 0.15) is 5.69 Å². The highest BCUT2D eigenvalue weighted by atomic mass is 16.6. The van der Waals surface area contributed by atoms with E-state index in [1.165, 1.54) is 19.1 Å². The fourth-order valence-electron chi connectivity index (χ4n) is 3.18. The smallest absolute Gasteiger partial charge is 0.293 e. The van der Waals surface area contributed by atoms with Crippen LogP contribution in [-0.4, -0.2) is 42.9 Å². The summed E-state index contributed by atoms with van der Waals surface area (Å²) in [6.07, 6.45) is 0. The number of carbonyl (C=O) groups is 2. The van der Waals surface area contributed by atoms with Crippen LogP contribution in [0.1, 0.15) is 27.6 Å². The number of piperazine rings is 1. The van der Waals surface area contributed by atoms with Crippen molar-refractivity contribution < 1.29 is 19.6 Å². The highest BCUT2D eigenvalue weighted by Gasteiger charge is 2.24. The zero-order chi connectivity index (χ0) is 19.6. The number of anilines is 2. The number of carbonyl (C=O) groups excluding carboxylic acids is 2. The Balaban J connectivity index is 1.74. The van der Waals surface area contributed by atoms with E-state index in [4.69, 9.17) is 0 Å². The van der Waals surface area contributed by atoms with Crippen LogP contribution in [0.5, 0.6) is 0 Å². The van der Waals surface area contributed by atoms with Crippen molar-refractivity contribution in [2.24, 2.45) is 0 Å². The van der Waals surface area contributed by atoms with Crippen LogP contribution in [0.25, 0.3) is 0 Å². The molecule has 0 aromatic heterocycles. The minimum absolute atomic E-state index is 0.0127. The maximum absolute atomic E-state index is 11.4. The Hall–Kier alpha value is -3.42. The van der Waals surface area contributed by atoms with Crippen LogP contribution in [-0.2, 0) is 0 Å². The van der Waals surface area contributed by atoms with Crippen molar-refractivity contribution in [1.29, 1.82) is 0 Å². The summed E-state index contributed by atoms with van der Waals surface area (Å²) in [4.78, 5) is 37.1. The fraction of sp³-hybridized carbons (Fsp3) is 0.263. The molecule has 0 saturated carbocycles. The molecule has 1 aliphatic rings. The van der Waals surface area contributed by atoms with Gasteiger partial charge in [0.05, 0.1) is 10.9 Å². The van der Waals surface area contributed by atoms with E-state index in [1.54, 1.807) is 12.1 Å². The number of nitro groups is 1. The van der Waals surface area contributed by atoms with Gasteiger partial charge in [0.15, 0.2) is 5.78 Å². The van der Waals surface area contributed by atoms with Crippen molar-refractivity contribution in [3.05, 3.63) is 63.7 Å². The van der Waals surface area contributed by atoms with Gasteiger partial charge in [-0.3, -0.25) is 14.9 Å². The standard InChI is InChI=1S/C19H19N3O5/c1-13(23)14-2-5-16(6-3-14)20-8-10-21(11-9-20)17-7-4-15(19(24)25)12-18(17)22(26)27/h2-7,12H,8-11H2,1H3,(H,24,25)/p-1. The van der Waals surface area contributed by atoms with Crippen molar-refractivity contribution in [2.45, 2.75) is 6.92 Å². The van der Waals surface area contributed by atoms with E-state index in [0.717, 1.165) is 11.8 Å². The number of nitrogens with zero attached hydrogens (tertiary/aromatic N) is 3. The lowest BCUT2D eigenvalue weighted by Gasteiger charge is -2.37. The quantitative estimate of drug-likeness (QED) is 0.447. The van der Waals surface area contributed by atoms with Gasteiger partial charge in [-0.25, -0.2) is 0 Å². The maximum Gasteiger partial charge on any atom is 0.293 e. The number of hydrogen-bond donors (Lipinski definition) is 0. The Kier molecular flexibility index (Phi) is 5.07. The number of carboxylic acids is 1. The predicted molar refractivity (Wildman–Crippen MR) is 98.3 cm³/mol. The molecule has 0 bridgehead atoms. The van der Waals surface area contributed by atoms with Crippen LogP contribution >= 0.6 is 0 Å². The summed E-state index contributed by atoms with van der Waals surface area (Å²) in [7, 11) is 0. The minimum atomic E-state index is -1.44. The predicted octanol–water partition coefficient (Wildman–Crippen LogP) is 1.49. The maximum atomic E-state index is 11.4. The second kappa shape index (κ2) is 7.45. The van der Waals surface area contributed by atoms with Crippen LogP contribution in [0, 0.1) is 10.1 Å². The molecule has 0 aliphatic carbocycles. The normalized spacial score (nSPS) is 14.1. The molecule has 1 heterocycles. The van der Waals surface area contributed by atoms with E-state index in [2.05, 4.69) is 4.90 Å². The second-order valence-corrected chi connectivity index (χ2v) is 6.33. The monoisotopic (exact) mass is 368 g/mol. The molecule has 140 valence electrons.